The van der Waals surface area contributed by atoms with Crippen LogP contribution in [0.5, 0.6) is 0 Å². The quantitative estimate of drug-likeness (QED) is 0.643. The molecule has 0 saturated carbocycles. The average molecular weight is 239 g/mol. The highest BCUT2D eigenvalue weighted by Gasteiger charge is 2.19. The second-order valence-corrected chi connectivity index (χ2v) is 3.44. The molecule has 17 heavy (non-hydrogen) atoms. The van der Waals surface area contributed by atoms with Crippen LogP contribution in [-0.2, 0) is 14.3 Å². The van der Waals surface area contributed by atoms with Crippen molar-refractivity contribution in [2.45, 2.75) is 19.9 Å². The van der Waals surface area contributed by atoms with Crippen LogP contribution in [0.25, 0.3) is 0 Å². The maximum atomic E-state index is 13.4. The Kier molecular flexibility index (Phi) is 4.63. The van der Waals surface area contributed by atoms with E-state index in [1.165, 1.54) is 6.07 Å². The van der Waals surface area contributed by atoms with E-state index in [2.05, 4.69) is 10.1 Å². The summed E-state index contributed by atoms with van der Waals surface area (Å²) in [5, 5.41) is 2.37. The van der Waals surface area contributed by atoms with Crippen LogP contribution in [-0.4, -0.2) is 18.5 Å². The van der Waals surface area contributed by atoms with Gasteiger partial charge in [0.2, 0.25) is 0 Å². The van der Waals surface area contributed by atoms with Gasteiger partial charge in [0.05, 0.1) is 12.6 Å². The van der Waals surface area contributed by atoms with Gasteiger partial charge in [0.1, 0.15) is 5.82 Å². The first kappa shape index (κ1) is 13.2. The van der Waals surface area contributed by atoms with Crippen LogP contribution in [0.3, 0.4) is 0 Å². The number of hydrogen-bond donors (Lipinski definition) is 1. The maximum absolute atomic E-state index is 13.4. The van der Waals surface area contributed by atoms with Crippen molar-refractivity contribution in [3.63, 3.8) is 0 Å². The van der Waals surface area contributed by atoms with Crippen LogP contribution in [0.2, 0.25) is 0 Å². The van der Waals surface area contributed by atoms with E-state index in [1.54, 1.807) is 32.0 Å². The number of amides is 1. The minimum Gasteiger partial charge on any atom is -0.459 e. The average Bonchev–Trinajstić information content (AvgIpc) is 2.29. The first-order chi connectivity index (χ1) is 8.06. The molecule has 1 amide bonds. The highest BCUT2D eigenvalue weighted by atomic mass is 19.1. The standard InChI is InChI=1S/C12H14FNO3/c1-3-17-12(16)11(15)14-8(2)9-6-4-5-7-10(9)13/h4-8H,3H2,1-2H3,(H,14,15)/t8-/m0/s1. The summed E-state index contributed by atoms with van der Waals surface area (Å²) in [7, 11) is 0. The van der Waals surface area contributed by atoms with Crippen LogP contribution >= 0.6 is 0 Å². The molecule has 92 valence electrons. The van der Waals surface area contributed by atoms with Gasteiger partial charge < -0.3 is 10.1 Å². The van der Waals surface area contributed by atoms with E-state index in [9.17, 15) is 14.0 Å². The summed E-state index contributed by atoms with van der Waals surface area (Å²) >= 11 is 0. The summed E-state index contributed by atoms with van der Waals surface area (Å²) in [6, 6.07) is 5.46. The van der Waals surface area contributed by atoms with Gasteiger partial charge in [0.25, 0.3) is 0 Å². The third-order valence-corrected chi connectivity index (χ3v) is 2.18. The van der Waals surface area contributed by atoms with Crippen molar-refractivity contribution in [3.05, 3.63) is 35.6 Å². The molecule has 0 aromatic heterocycles. The lowest BCUT2D eigenvalue weighted by molar-refractivity contribution is -0.154. The number of carbonyl (C=O) groups is 2. The minimum absolute atomic E-state index is 0.125. The van der Waals surface area contributed by atoms with Gasteiger partial charge in [-0.2, -0.15) is 0 Å². The third kappa shape index (κ3) is 3.55. The summed E-state index contributed by atoms with van der Waals surface area (Å²) in [6.07, 6.45) is 0. The van der Waals surface area contributed by atoms with Gasteiger partial charge in [0, 0.05) is 5.56 Å². The van der Waals surface area contributed by atoms with Crippen molar-refractivity contribution >= 4 is 11.9 Å². The van der Waals surface area contributed by atoms with Gasteiger partial charge in [-0.15, -0.1) is 0 Å². The van der Waals surface area contributed by atoms with Gasteiger partial charge in [-0.1, -0.05) is 18.2 Å². The van der Waals surface area contributed by atoms with Crippen molar-refractivity contribution in [3.8, 4) is 0 Å². The largest absolute Gasteiger partial charge is 0.459 e. The van der Waals surface area contributed by atoms with E-state index in [-0.39, 0.29) is 6.61 Å². The van der Waals surface area contributed by atoms with E-state index >= 15 is 0 Å². The summed E-state index contributed by atoms with van der Waals surface area (Å²) < 4.78 is 17.9. The topological polar surface area (TPSA) is 55.4 Å². The molecule has 5 heteroatoms. The lowest BCUT2D eigenvalue weighted by atomic mass is 10.1. The molecule has 1 rings (SSSR count). The molecule has 1 atom stereocenters. The number of benzene rings is 1. The molecule has 0 aliphatic heterocycles. The summed E-state index contributed by atoms with van der Waals surface area (Å²) in [5.74, 6) is -2.26. The van der Waals surface area contributed by atoms with E-state index in [0.29, 0.717) is 5.56 Å². The Balaban J connectivity index is 2.67. The van der Waals surface area contributed by atoms with Crippen LogP contribution in [0.15, 0.2) is 24.3 Å². The van der Waals surface area contributed by atoms with E-state index in [0.717, 1.165) is 0 Å². The van der Waals surface area contributed by atoms with Gasteiger partial charge in [-0.05, 0) is 19.9 Å². The normalized spacial score (nSPS) is 11.7. The maximum Gasteiger partial charge on any atom is 0.396 e. The van der Waals surface area contributed by atoms with Crippen molar-refractivity contribution < 1.29 is 18.7 Å². The third-order valence-electron chi connectivity index (χ3n) is 2.18. The molecule has 1 aromatic carbocycles. The fourth-order valence-electron chi connectivity index (χ4n) is 1.36. The number of ether oxygens (including phenoxy) is 1. The molecule has 0 aliphatic carbocycles. The van der Waals surface area contributed by atoms with Crippen LogP contribution in [0, 0.1) is 5.82 Å². The molecule has 0 saturated heterocycles. The van der Waals surface area contributed by atoms with Crippen LogP contribution in [0.1, 0.15) is 25.5 Å². The first-order valence-corrected chi connectivity index (χ1v) is 5.28. The van der Waals surface area contributed by atoms with Crippen LogP contribution in [0.4, 0.5) is 4.39 Å². The molecular formula is C12H14FNO3. The van der Waals surface area contributed by atoms with Crippen molar-refractivity contribution in [1.29, 1.82) is 0 Å². The van der Waals surface area contributed by atoms with Crippen molar-refractivity contribution in [2.24, 2.45) is 0 Å². The van der Waals surface area contributed by atoms with E-state index in [4.69, 9.17) is 0 Å². The van der Waals surface area contributed by atoms with Gasteiger partial charge in [0.15, 0.2) is 0 Å². The number of esters is 1. The summed E-state index contributed by atoms with van der Waals surface area (Å²) in [5.41, 5.74) is 0.324. The number of nitrogens with one attached hydrogen (secondary N) is 1. The fourth-order valence-corrected chi connectivity index (χ4v) is 1.36. The predicted molar refractivity (Wildman–Crippen MR) is 59.6 cm³/mol. The molecule has 0 radical (unpaired) electrons. The number of halogens is 1. The molecule has 0 fully saturated rings. The SMILES string of the molecule is CCOC(=O)C(=O)N[C@@H](C)c1ccccc1F. The fraction of sp³-hybridized carbons (Fsp3) is 0.333. The van der Waals surface area contributed by atoms with Gasteiger partial charge in [-0.3, -0.25) is 4.79 Å². The number of rotatable bonds is 3. The second kappa shape index (κ2) is 5.98. The van der Waals surface area contributed by atoms with E-state index in [1.807, 2.05) is 0 Å². The zero-order chi connectivity index (χ0) is 12.8. The molecule has 1 aromatic rings. The Morgan fingerprint density at radius 3 is 2.65 bits per heavy atom. The molecule has 0 heterocycles. The summed E-state index contributed by atoms with van der Waals surface area (Å²) in [4.78, 5) is 22.4. The highest BCUT2D eigenvalue weighted by Crippen LogP contribution is 2.15. The van der Waals surface area contributed by atoms with Crippen LogP contribution < -0.4 is 5.32 Å². The van der Waals surface area contributed by atoms with Crippen molar-refractivity contribution in [1.82, 2.24) is 5.32 Å². The number of hydrogen-bond acceptors (Lipinski definition) is 3. The second-order valence-electron chi connectivity index (χ2n) is 3.44. The van der Waals surface area contributed by atoms with Gasteiger partial charge >= 0.3 is 11.9 Å². The van der Waals surface area contributed by atoms with E-state index < -0.39 is 23.7 Å². The Labute approximate surface area is 98.8 Å². The lowest BCUT2D eigenvalue weighted by Gasteiger charge is -2.14. The Morgan fingerprint density at radius 2 is 2.06 bits per heavy atom. The Morgan fingerprint density at radius 1 is 1.41 bits per heavy atom. The molecule has 0 aliphatic rings. The lowest BCUT2D eigenvalue weighted by Crippen LogP contribution is -2.34. The number of carbonyl (C=O) groups excluding carboxylic acids is 2. The molecule has 4 nitrogen and oxygen atoms in total. The van der Waals surface area contributed by atoms with Gasteiger partial charge in [-0.25, -0.2) is 9.18 Å². The predicted octanol–water partition coefficient (Wildman–Crippen LogP) is 1.57. The zero-order valence-electron chi connectivity index (χ0n) is 9.70. The molecule has 1 N–H and O–H groups in total. The highest BCUT2D eigenvalue weighted by molar-refractivity contribution is 6.32. The molecule has 0 bridgehead atoms. The Hall–Kier alpha value is -1.91. The molecule has 0 unspecified atom stereocenters. The molecular weight excluding hydrogens is 225 g/mol. The molecule has 0 spiro atoms. The summed E-state index contributed by atoms with van der Waals surface area (Å²) in [6.45, 7) is 3.32. The monoisotopic (exact) mass is 239 g/mol. The zero-order valence-corrected chi connectivity index (χ0v) is 9.70. The minimum atomic E-state index is -0.962. The first-order valence-electron chi connectivity index (χ1n) is 5.28. The Bertz CT molecular complexity index is 420. The smallest absolute Gasteiger partial charge is 0.396 e. The van der Waals surface area contributed by atoms with Crippen molar-refractivity contribution in [2.75, 3.05) is 6.61 Å².